The molecule has 2 aromatic carbocycles. The number of hydrogen-bond donors (Lipinski definition) is 2. The van der Waals surface area contributed by atoms with Crippen molar-refractivity contribution in [3.05, 3.63) is 71.3 Å². The van der Waals surface area contributed by atoms with Crippen molar-refractivity contribution in [3.63, 3.8) is 0 Å². The van der Waals surface area contributed by atoms with Crippen molar-refractivity contribution in [2.45, 2.75) is 6.42 Å². The molecule has 0 fully saturated rings. The third-order valence-electron chi connectivity index (χ3n) is 2.49. The highest BCUT2D eigenvalue weighted by Gasteiger charge is 1.99. The molecule has 0 aliphatic carbocycles. The van der Waals surface area contributed by atoms with Gasteiger partial charge in [0.15, 0.2) is 0 Å². The Kier molecular flexibility index (Phi) is 4.73. The van der Waals surface area contributed by atoms with E-state index in [0.29, 0.717) is 0 Å². The number of nitrogen functional groups attached to an aromatic ring is 1. The summed E-state index contributed by atoms with van der Waals surface area (Å²) in [6.45, 7) is 0. The molecule has 17 heavy (non-hydrogen) atoms. The first-order chi connectivity index (χ1) is 7.75. The minimum Gasteiger partial charge on any atom is -0.384 e. The topological polar surface area (TPSA) is 49.9 Å². The van der Waals surface area contributed by atoms with E-state index >= 15 is 0 Å². The lowest BCUT2D eigenvalue weighted by atomic mass is 10.0. The van der Waals surface area contributed by atoms with Gasteiger partial charge in [0.05, 0.1) is 0 Å². The van der Waals surface area contributed by atoms with E-state index in [4.69, 9.17) is 11.1 Å². The van der Waals surface area contributed by atoms with Crippen molar-refractivity contribution in [1.82, 2.24) is 0 Å². The van der Waals surface area contributed by atoms with Gasteiger partial charge >= 0.3 is 0 Å². The van der Waals surface area contributed by atoms with Crippen LogP contribution in [0.5, 0.6) is 0 Å². The number of amidine groups is 1. The molecular formula is C14H15ClN2. The van der Waals surface area contributed by atoms with Crippen LogP contribution >= 0.6 is 12.4 Å². The predicted octanol–water partition coefficient (Wildman–Crippen LogP) is 2.98. The van der Waals surface area contributed by atoms with E-state index in [1.165, 1.54) is 11.1 Å². The van der Waals surface area contributed by atoms with Crippen LogP contribution in [-0.2, 0) is 6.42 Å². The summed E-state index contributed by atoms with van der Waals surface area (Å²) in [5, 5.41) is 7.39. The lowest BCUT2D eigenvalue weighted by molar-refractivity contribution is 1.19. The maximum absolute atomic E-state index is 7.39. The van der Waals surface area contributed by atoms with E-state index in [0.717, 1.165) is 12.0 Å². The predicted molar refractivity (Wildman–Crippen MR) is 74.0 cm³/mol. The van der Waals surface area contributed by atoms with Gasteiger partial charge in [-0.25, -0.2) is 0 Å². The Bertz CT molecular complexity index is 495. The minimum atomic E-state index is 0. The molecule has 3 heteroatoms. The Morgan fingerprint density at radius 3 is 2.24 bits per heavy atom. The fourth-order valence-corrected chi connectivity index (χ4v) is 1.68. The van der Waals surface area contributed by atoms with Crippen molar-refractivity contribution >= 4 is 18.2 Å². The van der Waals surface area contributed by atoms with Crippen LogP contribution in [0.1, 0.15) is 16.7 Å². The molecule has 2 rings (SSSR count). The Hall–Kier alpha value is -1.80. The smallest absolute Gasteiger partial charge is 0.122 e. The number of halogens is 1. The molecule has 0 unspecified atom stereocenters. The van der Waals surface area contributed by atoms with Gasteiger partial charge < -0.3 is 5.73 Å². The van der Waals surface area contributed by atoms with E-state index in [-0.39, 0.29) is 18.2 Å². The van der Waals surface area contributed by atoms with Crippen molar-refractivity contribution in [1.29, 1.82) is 5.41 Å². The summed E-state index contributed by atoms with van der Waals surface area (Å²) in [5.74, 6) is 0.120. The lowest BCUT2D eigenvalue weighted by Gasteiger charge is -2.04. The number of nitrogens with two attached hydrogens (primary N) is 1. The highest BCUT2D eigenvalue weighted by atomic mass is 35.5. The van der Waals surface area contributed by atoms with Gasteiger partial charge in [-0.05, 0) is 23.6 Å². The zero-order chi connectivity index (χ0) is 11.4. The highest BCUT2D eigenvalue weighted by Crippen LogP contribution is 2.10. The summed E-state index contributed by atoms with van der Waals surface area (Å²) in [6, 6.07) is 18.1. The van der Waals surface area contributed by atoms with Crippen molar-refractivity contribution in [2.75, 3.05) is 0 Å². The first kappa shape index (κ1) is 13.3. The van der Waals surface area contributed by atoms with Crippen LogP contribution in [0.3, 0.4) is 0 Å². The lowest BCUT2D eigenvalue weighted by Crippen LogP contribution is -2.11. The van der Waals surface area contributed by atoms with Crippen LogP contribution in [0.15, 0.2) is 54.6 Å². The fraction of sp³-hybridized carbons (Fsp3) is 0.0714. The van der Waals surface area contributed by atoms with E-state index in [9.17, 15) is 0 Å². The molecule has 0 aliphatic rings. The standard InChI is InChI=1S/C14H14N2.ClH/c15-14(16)13-8-4-7-12(10-13)9-11-5-2-1-3-6-11;/h1-8,10H,9H2,(H3,15,16);1H. The van der Waals surface area contributed by atoms with Crippen molar-refractivity contribution in [2.24, 2.45) is 5.73 Å². The second kappa shape index (κ2) is 6.06. The first-order valence-corrected chi connectivity index (χ1v) is 5.23. The van der Waals surface area contributed by atoms with E-state index in [1.54, 1.807) is 0 Å². The molecule has 2 aromatic rings. The van der Waals surface area contributed by atoms with E-state index in [1.807, 2.05) is 36.4 Å². The van der Waals surface area contributed by atoms with Gasteiger partial charge in [-0.3, -0.25) is 5.41 Å². The van der Waals surface area contributed by atoms with Crippen LogP contribution in [-0.4, -0.2) is 5.84 Å². The molecule has 0 heterocycles. The molecule has 3 N–H and O–H groups in total. The number of rotatable bonds is 3. The van der Waals surface area contributed by atoms with Crippen LogP contribution in [0.2, 0.25) is 0 Å². The molecule has 0 atom stereocenters. The molecule has 0 saturated carbocycles. The normalized spacial score (nSPS) is 9.41. The third-order valence-corrected chi connectivity index (χ3v) is 2.49. The Morgan fingerprint density at radius 2 is 1.59 bits per heavy atom. The number of nitrogens with one attached hydrogen (secondary N) is 1. The molecule has 0 aromatic heterocycles. The first-order valence-electron chi connectivity index (χ1n) is 5.23. The molecular weight excluding hydrogens is 232 g/mol. The molecule has 0 aliphatic heterocycles. The minimum absolute atomic E-state index is 0. The van der Waals surface area contributed by atoms with Crippen molar-refractivity contribution in [3.8, 4) is 0 Å². The molecule has 0 spiro atoms. The number of benzene rings is 2. The van der Waals surface area contributed by atoms with Gasteiger partial charge in [0.25, 0.3) is 0 Å². The average Bonchev–Trinajstić information content (AvgIpc) is 2.30. The van der Waals surface area contributed by atoms with Crippen LogP contribution < -0.4 is 5.73 Å². The zero-order valence-electron chi connectivity index (χ0n) is 9.39. The summed E-state index contributed by atoms with van der Waals surface area (Å²) in [4.78, 5) is 0. The molecule has 0 bridgehead atoms. The molecule has 2 nitrogen and oxygen atoms in total. The maximum Gasteiger partial charge on any atom is 0.122 e. The highest BCUT2D eigenvalue weighted by molar-refractivity contribution is 5.95. The van der Waals surface area contributed by atoms with E-state index in [2.05, 4.69) is 18.2 Å². The van der Waals surface area contributed by atoms with Crippen LogP contribution in [0.25, 0.3) is 0 Å². The molecule has 0 saturated heterocycles. The summed E-state index contributed by atoms with van der Waals surface area (Å²) >= 11 is 0. The Morgan fingerprint density at radius 1 is 0.941 bits per heavy atom. The average molecular weight is 247 g/mol. The zero-order valence-corrected chi connectivity index (χ0v) is 10.2. The summed E-state index contributed by atoms with van der Waals surface area (Å²) < 4.78 is 0. The summed E-state index contributed by atoms with van der Waals surface area (Å²) in [7, 11) is 0. The fourth-order valence-electron chi connectivity index (χ4n) is 1.68. The summed E-state index contributed by atoms with van der Waals surface area (Å²) in [5.41, 5.74) is 8.69. The van der Waals surface area contributed by atoms with Gasteiger partial charge in [-0.1, -0.05) is 48.5 Å². The second-order valence-electron chi connectivity index (χ2n) is 3.78. The third kappa shape index (κ3) is 3.61. The number of hydrogen-bond acceptors (Lipinski definition) is 1. The monoisotopic (exact) mass is 246 g/mol. The van der Waals surface area contributed by atoms with Gasteiger partial charge in [-0.2, -0.15) is 0 Å². The van der Waals surface area contributed by atoms with Gasteiger partial charge in [0.1, 0.15) is 5.84 Å². The Labute approximate surface area is 107 Å². The van der Waals surface area contributed by atoms with Crippen LogP contribution in [0.4, 0.5) is 0 Å². The van der Waals surface area contributed by atoms with Gasteiger partial charge in [0.2, 0.25) is 0 Å². The Balaban J connectivity index is 0.00000144. The second-order valence-corrected chi connectivity index (χ2v) is 3.78. The molecule has 0 amide bonds. The van der Waals surface area contributed by atoms with E-state index < -0.39 is 0 Å². The van der Waals surface area contributed by atoms with Gasteiger partial charge in [0, 0.05) is 5.56 Å². The largest absolute Gasteiger partial charge is 0.384 e. The summed E-state index contributed by atoms with van der Waals surface area (Å²) in [6.07, 6.45) is 0.877. The van der Waals surface area contributed by atoms with Crippen molar-refractivity contribution < 1.29 is 0 Å². The van der Waals surface area contributed by atoms with Gasteiger partial charge in [-0.15, -0.1) is 12.4 Å². The molecule has 88 valence electrons. The maximum atomic E-state index is 7.39. The molecule has 0 radical (unpaired) electrons. The van der Waals surface area contributed by atoms with Crippen LogP contribution in [0, 0.1) is 5.41 Å². The SMILES string of the molecule is Cl.N=C(N)c1cccc(Cc2ccccc2)c1. The quantitative estimate of drug-likeness (QED) is 0.635.